The Balaban J connectivity index is 1.65. The van der Waals surface area contributed by atoms with Crippen molar-refractivity contribution in [3.8, 4) is 0 Å². The largest absolute Gasteiger partial charge is 0.456 e. The Bertz CT molecular complexity index is 970. The summed E-state index contributed by atoms with van der Waals surface area (Å²) in [4.78, 5) is 2.36. The van der Waals surface area contributed by atoms with Gasteiger partial charge in [0.2, 0.25) is 0 Å². The van der Waals surface area contributed by atoms with Gasteiger partial charge >= 0.3 is 0 Å². The Labute approximate surface area is 151 Å². The molecule has 3 nitrogen and oxygen atoms in total. The molecular formula is C21H22N2OS. The molecule has 1 N–H and O–H groups in total. The van der Waals surface area contributed by atoms with Gasteiger partial charge in [-0.3, -0.25) is 5.41 Å². The summed E-state index contributed by atoms with van der Waals surface area (Å²) < 4.78 is 6.09. The number of thioether (sulfide) groups is 1. The molecule has 0 radical (unpaired) electrons. The van der Waals surface area contributed by atoms with Crippen LogP contribution in [-0.4, -0.2) is 16.0 Å². The maximum atomic E-state index is 8.70. The topological polar surface area (TPSA) is 40.2 Å². The monoisotopic (exact) mass is 350 g/mol. The van der Waals surface area contributed by atoms with E-state index in [9.17, 15) is 0 Å². The van der Waals surface area contributed by atoms with E-state index in [4.69, 9.17) is 9.83 Å². The van der Waals surface area contributed by atoms with Gasteiger partial charge in [-0.05, 0) is 38.0 Å². The highest BCUT2D eigenvalue weighted by Gasteiger charge is 2.49. The SMILES string of the molecule is CC1SC2(CCCCC2)N(c2ccc3c(c2)oc2ccccc23)C1=N. The van der Waals surface area contributed by atoms with Gasteiger partial charge in [0.05, 0.1) is 10.1 Å². The first kappa shape index (κ1) is 15.3. The summed E-state index contributed by atoms with van der Waals surface area (Å²) in [6, 6.07) is 14.7. The van der Waals surface area contributed by atoms with Gasteiger partial charge in [0.1, 0.15) is 17.0 Å². The van der Waals surface area contributed by atoms with Crippen molar-refractivity contribution in [2.75, 3.05) is 4.90 Å². The van der Waals surface area contributed by atoms with Crippen LogP contribution in [0.4, 0.5) is 5.69 Å². The molecule has 1 spiro atoms. The molecule has 1 atom stereocenters. The van der Waals surface area contributed by atoms with Gasteiger partial charge in [-0.2, -0.15) is 0 Å². The van der Waals surface area contributed by atoms with Gasteiger partial charge in [0, 0.05) is 22.5 Å². The lowest BCUT2D eigenvalue weighted by molar-refractivity contribution is 0.410. The lowest BCUT2D eigenvalue weighted by Crippen LogP contribution is -2.45. The number of hydrogen-bond donors (Lipinski definition) is 1. The molecule has 1 saturated heterocycles. The first-order chi connectivity index (χ1) is 12.2. The Morgan fingerprint density at radius 1 is 1.04 bits per heavy atom. The van der Waals surface area contributed by atoms with Crippen molar-refractivity contribution >= 4 is 45.2 Å². The molecule has 1 aliphatic carbocycles. The molecule has 1 aliphatic heterocycles. The number of para-hydroxylation sites is 1. The molecule has 0 amide bonds. The molecule has 5 rings (SSSR count). The number of nitrogens with zero attached hydrogens (tertiary/aromatic N) is 1. The van der Waals surface area contributed by atoms with Crippen LogP contribution in [0.15, 0.2) is 46.9 Å². The highest BCUT2D eigenvalue weighted by atomic mass is 32.2. The van der Waals surface area contributed by atoms with Gasteiger partial charge in [0.15, 0.2) is 0 Å². The van der Waals surface area contributed by atoms with Crippen molar-refractivity contribution in [1.82, 2.24) is 0 Å². The van der Waals surface area contributed by atoms with E-state index in [1.807, 2.05) is 23.9 Å². The standard InChI is InChI=1S/C21H22N2OS/c1-14-20(22)23(21(25-14)11-5-2-6-12-21)15-9-10-17-16-7-3-4-8-18(16)24-19(17)13-15/h3-4,7-10,13-14,22H,2,5-6,11-12H2,1H3. The fraction of sp³-hybridized carbons (Fsp3) is 0.381. The number of furan rings is 1. The van der Waals surface area contributed by atoms with Crippen LogP contribution in [0, 0.1) is 5.41 Å². The predicted octanol–water partition coefficient (Wildman–Crippen LogP) is 6.17. The summed E-state index contributed by atoms with van der Waals surface area (Å²) in [6.45, 7) is 2.17. The van der Waals surface area contributed by atoms with Crippen molar-refractivity contribution < 1.29 is 4.42 Å². The van der Waals surface area contributed by atoms with E-state index in [-0.39, 0.29) is 10.1 Å². The zero-order valence-electron chi connectivity index (χ0n) is 14.4. The lowest BCUT2D eigenvalue weighted by Gasteiger charge is -2.41. The van der Waals surface area contributed by atoms with Crippen LogP contribution in [0.1, 0.15) is 39.0 Å². The van der Waals surface area contributed by atoms with Crippen LogP contribution in [0.5, 0.6) is 0 Å². The molecule has 2 fully saturated rings. The van der Waals surface area contributed by atoms with Gasteiger partial charge in [-0.1, -0.05) is 37.5 Å². The molecule has 1 saturated carbocycles. The second-order valence-corrected chi connectivity index (χ2v) is 8.97. The Hall–Kier alpha value is -1.94. The number of anilines is 1. The average Bonchev–Trinajstić information content (AvgIpc) is 3.10. The minimum absolute atomic E-state index is 0.0639. The smallest absolute Gasteiger partial charge is 0.137 e. The summed E-state index contributed by atoms with van der Waals surface area (Å²) in [6.07, 6.45) is 6.18. The second-order valence-electron chi connectivity index (χ2n) is 7.27. The van der Waals surface area contributed by atoms with Crippen LogP contribution >= 0.6 is 11.8 Å². The van der Waals surface area contributed by atoms with Gasteiger partial charge in [-0.15, -0.1) is 11.8 Å². The lowest BCUT2D eigenvalue weighted by atomic mass is 9.92. The number of hydrogen-bond acceptors (Lipinski definition) is 3. The summed E-state index contributed by atoms with van der Waals surface area (Å²) in [5, 5.41) is 11.3. The van der Waals surface area contributed by atoms with Crippen LogP contribution in [-0.2, 0) is 0 Å². The van der Waals surface area contributed by atoms with Gasteiger partial charge < -0.3 is 9.32 Å². The third kappa shape index (κ3) is 2.23. The molecule has 2 heterocycles. The normalized spacial score (nSPS) is 23.2. The van der Waals surface area contributed by atoms with Crippen LogP contribution in [0.2, 0.25) is 0 Å². The number of fused-ring (bicyclic) bond motifs is 3. The number of benzene rings is 2. The number of nitrogens with one attached hydrogen (secondary N) is 1. The summed E-state index contributed by atoms with van der Waals surface area (Å²) in [5.74, 6) is 0.738. The van der Waals surface area contributed by atoms with Gasteiger partial charge in [0.25, 0.3) is 0 Å². The maximum absolute atomic E-state index is 8.70. The Morgan fingerprint density at radius 2 is 1.80 bits per heavy atom. The quantitative estimate of drug-likeness (QED) is 0.571. The highest BCUT2D eigenvalue weighted by Crippen LogP contribution is 2.52. The van der Waals surface area contributed by atoms with E-state index in [1.165, 1.54) is 32.1 Å². The molecule has 1 aromatic heterocycles. The molecule has 3 aromatic rings. The van der Waals surface area contributed by atoms with Crippen molar-refractivity contribution in [3.63, 3.8) is 0 Å². The molecular weight excluding hydrogens is 328 g/mol. The number of amidine groups is 1. The van der Waals surface area contributed by atoms with E-state index in [0.717, 1.165) is 33.5 Å². The number of rotatable bonds is 1. The van der Waals surface area contributed by atoms with Crippen molar-refractivity contribution in [2.24, 2.45) is 0 Å². The van der Waals surface area contributed by atoms with Crippen LogP contribution < -0.4 is 4.90 Å². The van der Waals surface area contributed by atoms with Gasteiger partial charge in [-0.25, -0.2) is 0 Å². The van der Waals surface area contributed by atoms with Crippen molar-refractivity contribution in [1.29, 1.82) is 5.41 Å². The third-order valence-electron chi connectivity index (χ3n) is 5.69. The van der Waals surface area contributed by atoms with E-state index in [0.29, 0.717) is 0 Å². The summed E-state index contributed by atoms with van der Waals surface area (Å²) in [7, 11) is 0. The summed E-state index contributed by atoms with van der Waals surface area (Å²) in [5.41, 5.74) is 2.96. The Kier molecular flexibility index (Phi) is 3.39. The van der Waals surface area contributed by atoms with Crippen LogP contribution in [0.25, 0.3) is 21.9 Å². The summed E-state index contributed by atoms with van der Waals surface area (Å²) >= 11 is 1.98. The van der Waals surface area contributed by atoms with E-state index < -0.39 is 0 Å². The minimum Gasteiger partial charge on any atom is -0.456 e. The molecule has 4 heteroatoms. The molecule has 2 aliphatic rings. The zero-order valence-corrected chi connectivity index (χ0v) is 15.2. The van der Waals surface area contributed by atoms with Crippen molar-refractivity contribution in [3.05, 3.63) is 42.5 Å². The molecule has 2 aromatic carbocycles. The van der Waals surface area contributed by atoms with Crippen molar-refractivity contribution in [2.45, 2.75) is 49.1 Å². The zero-order chi connectivity index (χ0) is 17.0. The fourth-order valence-corrected chi connectivity index (χ4v) is 6.22. The molecule has 0 bridgehead atoms. The highest BCUT2D eigenvalue weighted by molar-refractivity contribution is 8.02. The molecule has 1 unspecified atom stereocenters. The Morgan fingerprint density at radius 3 is 2.64 bits per heavy atom. The molecule has 25 heavy (non-hydrogen) atoms. The maximum Gasteiger partial charge on any atom is 0.137 e. The average molecular weight is 350 g/mol. The predicted molar refractivity (Wildman–Crippen MR) is 107 cm³/mol. The first-order valence-electron chi connectivity index (χ1n) is 9.16. The minimum atomic E-state index is 0.0639. The van der Waals surface area contributed by atoms with Crippen LogP contribution in [0.3, 0.4) is 0 Å². The molecule has 128 valence electrons. The fourth-order valence-electron chi connectivity index (χ4n) is 4.51. The van der Waals surface area contributed by atoms with E-state index >= 15 is 0 Å². The third-order valence-corrected chi connectivity index (χ3v) is 7.29. The van der Waals surface area contributed by atoms with E-state index in [2.05, 4.69) is 42.2 Å². The second kappa shape index (κ2) is 5.53. The van der Waals surface area contributed by atoms with E-state index in [1.54, 1.807) is 0 Å². The first-order valence-corrected chi connectivity index (χ1v) is 10.0.